The van der Waals surface area contributed by atoms with E-state index in [0.29, 0.717) is 5.95 Å². The van der Waals surface area contributed by atoms with Crippen LogP contribution in [0.2, 0.25) is 0 Å². The molecule has 0 aliphatic carbocycles. The number of nitrogens with zero attached hydrogens (tertiary/aromatic N) is 3. The van der Waals surface area contributed by atoms with E-state index in [1.54, 1.807) is 4.57 Å². The molecule has 2 rings (SSSR count). The Morgan fingerprint density at radius 3 is 2.38 bits per heavy atom. The van der Waals surface area contributed by atoms with Gasteiger partial charge in [0.2, 0.25) is 5.95 Å². The van der Waals surface area contributed by atoms with Gasteiger partial charge in [-0.25, -0.2) is 0 Å². The van der Waals surface area contributed by atoms with Crippen molar-refractivity contribution in [2.24, 2.45) is 0 Å². The molecule has 4 nitrogen and oxygen atoms in total. The predicted octanol–water partition coefficient (Wildman–Crippen LogP) is 1.16. The number of aromatic nitrogens is 3. The first kappa shape index (κ1) is 7.79. The Morgan fingerprint density at radius 1 is 1.15 bits per heavy atom. The number of rotatable bonds is 1. The van der Waals surface area contributed by atoms with Crippen molar-refractivity contribution in [2.45, 2.75) is 6.92 Å². The first-order chi connectivity index (χ1) is 6.29. The van der Waals surface area contributed by atoms with E-state index < -0.39 is 0 Å². The zero-order chi connectivity index (χ0) is 9.26. The van der Waals surface area contributed by atoms with Gasteiger partial charge in [-0.05, 0) is 19.1 Å². The molecule has 1 aromatic carbocycles. The van der Waals surface area contributed by atoms with Gasteiger partial charge in [-0.1, -0.05) is 18.2 Å². The van der Waals surface area contributed by atoms with Gasteiger partial charge in [0.15, 0.2) is 0 Å². The highest BCUT2D eigenvalue weighted by molar-refractivity contribution is 5.39. The summed E-state index contributed by atoms with van der Waals surface area (Å²) in [4.78, 5) is 0. The summed E-state index contributed by atoms with van der Waals surface area (Å²) in [5.41, 5.74) is 6.65. The van der Waals surface area contributed by atoms with Crippen LogP contribution >= 0.6 is 0 Å². The number of nitrogens with two attached hydrogens (primary N) is 1. The normalized spacial score (nSPS) is 10.2. The second-order valence-corrected chi connectivity index (χ2v) is 2.78. The van der Waals surface area contributed by atoms with E-state index in [2.05, 4.69) is 10.2 Å². The number of aryl methyl sites for hydroxylation is 1. The molecule has 2 N–H and O–H groups in total. The van der Waals surface area contributed by atoms with Crippen molar-refractivity contribution in [2.75, 3.05) is 5.73 Å². The van der Waals surface area contributed by atoms with Crippen LogP contribution in [0.25, 0.3) is 5.69 Å². The van der Waals surface area contributed by atoms with E-state index in [4.69, 9.17) is 5.73 Å². The minimum atomic E-state index is 0.420. The zero-order valence-electron chi connectivity index (χ0n) is 7.31. The number of hydrogen-bond acceptors (Lipinski definition) is 3. The Kier molecular flexibility index (Phi) is 1.73. The molecule has 1 aromatic heterocycles. The van der Waals surface area contributed by atoms with Gasteiger partial charge in [0.25, 0.3) is 0 Å². The zero-order valence-corrected chi connectivity index (χ0v) is 7.31. The van der Waals surface area contributed by atoms with Crippen LogP contribution in [0, 0.1) is 6.92 Å². The van der Waals surface area contributed by atoms with Crippen LogP contribution in [-0.4, -0.2) is 14.8 Å². The van der Waals surface area contributed by atoms with E-state index in [0.717, 1.165) is 11.5 Å². The molecule has 0 bridgehead atoms. The number of nitrogen functional groups attached to an aromatic ring is 1. The summed E-state index contributed by atoms with van der Waals surface area (Å²) in [5, 5.41) is 7.66. The van der Waals surface area contributed by atoms with Gasteiger partial charge in [0.1, 0.15) is 5.82 Å². The monoisotopic (exact) mass is 174 g/mol. The molecule has 0 atom stereocenters. The summed E-state index contributed by atoms with van der Waals surface area (Å²) in [7, 11) is 0. The van der Waals surface area contributed by atoms with Crippen LogP contribution in [0.15, 0.2) is 30.3 Å². The van der Waals surface area contributed by atoms with Crippen molar-refractivity contribution in [3.8, 4) is 5.69 Å². The van der Waals surface area contributed by atoms with Crippen molar-refractivity contribution in [1.29, 1.82) is 0 Å². The van der Waals surface area contributed by atoms with E-state index in [-0.39, 0.29) is 0 Å². The quantitative estimate of drug-likeness (QED) is 0.705. The van der Waals surface area contributed by atoms with E-state index >= 15 is 0 Å². The summed E-state index contributed by atoms with van der Waals surface area (Å²) in [6.07, 6.45) is 0. The van der Waals surface area contributed by atoms with E-state index in [1.807, 2.05) is 37.3 Å². The van der Waals surface area contributed by atoms with Crippen LogP contribution < -0.4 is 5.73 Å². The summed E-state index contributed by atoms with van der Waals surface area (Å²) in [6.45, 7) is 1.87. The lowest BCUT2D eigenvalue weighted by Gasteiger charge is -2.04. The minimum absolute atomic E-state index is 0.420. The van der Waals surface area contributed by atoms with Gasteiger partial charge >= 0.3 is 0 Å². The summed E-state index contributed by atoms with van der Waals surface area (Å²) in [5.74, 6) is 1.22. The summed E-state index contributed by atoms with van der Waals surface area (Å²) >= 11 is 0. The Hall–Kier alpha value is -1.84. The molecule has 0 aliphatic rings. The van der Waals surface area contributed by atoms with Gasteiger partial charge in [-0.2, -0.15) is 0 Å². The third kappa shape index (κ3) is 1.26. The Balaban J connectivity index is 2.59. The fraction of sp³-hybridized carbons (Fsp3) is 0.111. The highest BCUT2D eigenvalue weighted by atomic mass is 15.3. The van der Waals surface area contributed by atoms with Crippen LogP contribution in [0.1, 0.15) is 5.82 Å². The van der Waals surface area contributed by atoms with Crippen LogP contribution in [-0.2, 0) is 0 Å². The Labute approximate surface area is 76.0 Å². The number of benzene rings is 1. The lowest BCUT2D eigenvalue weighted by atomic mass is 10.3. The average Bonchev–Trinajstić information content (AvgIpc) is 2.48. The molecule has 0 amide bonds. The van der Waals surface area contributed by atoms with Crippen molar-refractivity contribution in [3.63, 3.8) is 0 Å². The van der Waals surface area contributed by atoms with Gasteiger partial charge in [0, 0.05) is 0 Å². The summed E-state index contributed by atoms with van der Waals surface area (Å²) in [6, 6.07) is 9.79. The van der Waals surface area contributed by atoms with Crippen molar-refractivity contribution in [1.82, 2.24) is 14.8 Å². The maximum Gasteiger partial charge on any atom is 0.226 e. The second kappa shape index (κ2) is 2.90. The fourth-order valence-electron chi connectivity index (χ4n) is 1.27. The molecule has 0 saturated carbocycles. The number of hydrogen-bond donors (Lipinski definition) is 1. The van der Waals surface area contributed by atoms with Crippen LogP contribution in [0.3, 0.4) is 0 Å². The molecule has 2 aromatic rings. The van der Waals surface area contributed by atoms with Gasteiger partial charge in [-0.15, -0.1) is 10.2 Å². The molecule has 0 saturated heterocycles. The molecule has 0 spiro atoms. The van der Waals surface area contributed by atoms with Gasteiger partial charge < -0.3 is 5.73 Å². The minimum Gasteiger partial charge on any atom is -0.368 e. The second-order valence-electron chi connectivity index (χ2n) is 2.78. The molecular weight excluding hydrogens is 164 g/mol. The topological polar surface area (TPSA) is 56.7 Å². The fourth-order valence-corrected chi connectivity index (χ4v) is 1.27. The van der Waals surface area contributed by atoms with E-state index in [9.17, 15) is 0 Å². The molecule has 0 unspecified atom stereocenters. The average molecular weight is 174 g/mol. The molecule has 1 heterocycles. The van der Waals surface area contributed by atoms with E-state index in [1.165, 1.54) is 0 Å². The standard InChI is InChI=1S/C9H10N4/c1-7-11-12-9(10)13(7)8-5-3-2-4-6-8/h2-6H,1H3,(H2,10,12). The Morgan fingerprint density at radius 2 is 1.85 bits per heavy atom. The smallest absolute Gasteiger partial charge is 0.226 e. The maximum absolute atomic E-state index is 5.66. The van der Waals surface area contributed by atoms with Gasteiger partial charge in [-0.3, -0.25) is 4.57 Å². The van der Waals surface area contributed by atoms with Gasteiger partial charge in [0.05, 0.1) is 5.69 Å². The lowest BCUT2D eigenvalue weighted by molar-refractivity contribution is 0.973. The van der Waals surface area contributed by atoms with Crippen LogP contribution in [0.5, 0.6) is 0 Å². The van der Waals surface area contributed by atoms with Crippen molar-refractivity contribution >= 4 is 5.95 Å². The Bertz CT molecular complexity index is 385. The molecule has 0 radical (unpaired) electrons. The lowest BCUT2D eigenvalue weighted by Crippen LogP contribution is -2.01. The predicted molar refractivity (Wildman–Crippen MR) is 50.5 cm³/mol. The number of para-hydroxylation sites is 1. The molecule has 66 valence electrons. The maximum atomic E-state index is 5.66. The molecule has 0 aliphatic heterocycles. The van der Waals surface area contributed by atoms with Crippen molar-refractivity contribution < 1.29 is 0 Å². The summed E-state index contributed by atoms with van der Waals surface area (Å²) < 4.78 is 1.81. The molecular formula is C9H10N4. The van der Waals surface area contributed by atoms with Crippen LogP contribution in [0.4, 0.5) is 5.95 Å². The molecule has 13 heavy (non-hydrogen) atoms. The highest BCUT2D eigenvalue weighted by Gasteiger charge is 2.05. The molecule has 0 fully saturated rings. The first-order valence-corrected chi connectivity index (χ1v) is 4.02. The first-order valence-electron chi connectivity index (χ1n) is 4.02. The third-order valence-electron chi connectivity index (χ3n) is 1.86. The third-order valence-corrected chi connectivity index (χ3v) is 1.86. The largest absolute Gasteiger partial charge is 0.368 e. The van der Waals surface area contributed by atoms with Crippen molar-refractivity contribution in [3.05, 3.63) is 36.2 Å². The number of anilines is 1. The highest BCUT2D eigenvalue weighted by Crippen LogP contribution is 2.12. The SMILES string of the molecule is Cc1nnc(N)n1-c1ccccc1. The molecule has 4 heteroatoms.